The average molecular weight is 388 g/mol. The molecule has 0 saturated carbocycles. The fourth-order valence-electron chi connectivity index (χ4n) is 2.39. The molecule has 2 nitrogen and oxygen atoms in total. The van der Waals surface area contributed by atoms with Crippen LogP contribution in [-0.4, -0.2) is 16.0 Å². The van der Waals surface area contributed by atoms with Gasteiger partial charge in [0.2, 0.25) is 0 Å². The Morgan fingerprint density at radius 2 is 1.67 bits per heavy atom. The maximum Gasteiger partial charge on any atom is 0.573 e. The van der Waals surface area contributed by atoms with E-state index in [0.717, 1.165) is 11.1 Å². The smallest absolute Gasteiger partial charge is 0.406 e. The first-order chi connectivity index (χ1) is 8.37. The molecule has 0 radical (unpaired) electrons. The van der Waals surface area contributed by atoms with Gasteiger partial charge in [-0.2, -0.15) is 0 Å². The monoisotopic (exact) mass is 386 g/mol. The van der Waals surface area contributed by atoms with Crippen LogP contribution in [0.25, 0.3) is 0 Å². The van der Waals surface area contributed by atoms with E-state index in [2.05, 4.69) is 36.6 Å². The van der Waals surface area contributed by atoms with Gasteiger partial charge in [-0.1, -0.05) is 37.9 Å². The molecule has 3 rings (SSSR count). The molecule has 4 atom stereocenters. The van der Waals surface area contributed by atoms with E-state index in [0.29, 0.717) is 0 Å². The summed E-state index contributed by atoms with van der Waals surface area (Å²) in [5.41, 5.74) is 1.69. The lowest BCUT2D eigenvalue weighted by molar-refractivity contribution is -0.274. The number of fused-ring (bicyclic) bond motifs is 5. The first-order valence-electron chi connectivity index (χ1n) is 5.20. The van der Waals surface area contributed by atoms with E-state index in [9.17, 15) is 13.2 Å². The molecular weight excluding hydrogens is 381 g/mol. The number of ether oxygens (including phenoxy) is 2. The molecule has 18 heavy (non-hydrogen) atoms. The summed E-state index contributed by atoms with van der Waals surface area (Å²) in [7, 11) is 0. The molecule has 0 spiro atoms. The van der Waals surface area contributed by atoms with Gasteiger partial charge in [-0.05, 0) is 23.3 Å². The van der Waals surface area contributed by atoms with Crippen molar-refractivity contribution < 1.29 is 22.6 Å². The Balaban J connectivity index is 1.95. The Morgan fingerprint density at radius 1 is 1.06 bits per heavy atom. The number of halogens is 5. The van der Waals surface area contributed by atoms with E-state index in [-0.39, 0.29) is 27.6 Å². The Hall–Kier alpha value is -0.270. The highest BCUT2D eigenvalue weighted by Crippen LogP contribution is 2.56. The quantitative estimate of drug-likeness (QED) is 0.671. The molecule has 0 aliphatic carbocycles. The van der Waals surface area contributed by atoms with Crippen LogP contribution in [0.4, 0.5) is 13.2 Å². The Morgan fingerprint density at radius 3 is 2.28 bits per heavy atom. The van der Waals surface area contributed by atoms with Gasteiger partial charge in [-0.15, -0.1) is 13.2 Å². The molecule has 1 aromatic rings. The van der Waals surface area contributed by atoms with Gasteiger partial charge in [0.15, 0.2) is 0 Å². The van der Waals surface area contributed by atoms with E-state index in [1.165, 1.54) is 12.1 Å². The van der Waals surface area contributed by atoms with Crippen molar-refractivity contribution in [3.63, 3.8) is 0 Å². The average Bonchev–Trinajstić information content (AvgIpc) is 2.75. The van der Waals surface area contributed by atoms with Crippen LogP contribution in [0.3, 0.4) is 0 Å². The summed E-state index contributed by atoms with van der Waals surface area (Å²) in [6.45, 7) is 0. The number of hydrogen-bond acceptors (Lipinski definition) is 2. The minimum atomic E-state index is -4.67. The number of hydrogen-bond donors (Lipinski definition) is 0. The summed E-state index contributed by atoms with van der Waals surface area (Å²) in [4.78, 5) is 0.181. The second-order valence-electron chi connectivity index (χ2n) is 4.20. The fraction of sp³-hybridized carbons (Fsp3) is 0.455. The second-order valence-corrected chi connectivity index (χ2v) is 6.32. The third kappa shape index (κ3) is 1.96. The van der Waals surface area contributed by atoms with Gasteiger partial charge in [0.05, 0.1) is 21.9 Å². The first-order valence-corrected chi connectivity index (χ1v) is 7.03. The lowest BCUT2D eigenvalue weighted by Gasteiger charge is -2.21. The molecule has 1 aromatic carbocycles. The van der Waals surface area contributed by atoms with Crippen molar-refractivity contribution in [3.8, 4) is 5.75 Å². The second kappa shape index (κ2) is 4.11. The van der Waals surface area contributed by atoms with Crippen molar-refractivity contribution in [1.82, 2.24) is 0 Å². The van der Waals surface area contributed by atoms with E-state index < -0.39 is 6.36 Å². The Kier molecular flexibility index (Phi) is 2.91. The molecule has 2 bridgehead atoms. The summed E-state index contributed by atoms with van der Waals surface area (Å²) in [5, 5.41) is 0. The van der Waals surface area contributed by atoms with Gasteiger partial charge in [0.25, 0.3) is 0 Å². The number of rotatable bonds is 1. The molecular formula is C11H7Br2F3O2. The zero-order valence-electron chi connectivity index (χ0n) is 8.75. The van der Waals surface area contributed by atoms with Crippen LogP contribution in [0.15, 0.2) is 18.2 Å². The highest BCUT2D eigenvalue weighted by atomic mass is 79.9. The van der Waals surface area contributed by atoms with Crippen molar-refractivity contribution in [3.05, 3.63) is 29.3 Å². The van der Waals surface area contributed by atoms with Crippen molar-refractivity contribution in [2.24, 2.45) is 0 Å². The number of alkyl halides is 5. The standard InChI is InChI=1S/C11H7Br2F3O2/c12-7-8(13)10-6-3-4(18-11(14,15)16)1-2-5(6)9(7)17-10/h1-3,7-10H/t7-,8-,9+,10-/m0/s1. The van der Waals surface area contributed by atoms with E-state index in [1.54, 1.807) is 6.07 Å². The van der Waals surface area contributed by atoms with Crippen LogP contribution in [0.2, 0.25) is 0 Å². The molecule has 7 heteroatoms. The molecule has 2 aliphatic rings. The minimum Gasteiger partial charge on any atom is -0.406 e. The molecule has 0 amide bonds. The van der Waals surface area contributed by atoms with Gasteiger partial charge < -0.3 is 9.47 Å². The fourth-order valence-corrected chi connectivity index (χ4v) is 3.76. The maximum absolute atomic E-state index is 12.1. The van der Waals surface area contributed by atoms with Crippen LogP contribution in [-0.2, 0) is 4.74 Å². The topological polar surface area (TPSA) is 18.5 Å². The third-order valence-electron chi connectivity index (χ3n) is 3.08. The van der Waals surface area contributed by atoms with Gasteiger partial charge in [0, 0.05) is 0 Å². The molecule has 2 aliphatic heterocycles. The highest BCUT2D eigenvalue weighted by Gasteiger charge is 2.50. The Bertz CT molecular complexity index is 492. The summed E-state index contributed by atoms with van der Waals surface area (Å²) >= 11 is 7.00. The van der Waals surface area contributed by atoms with Crippen molar-refractivity contribution in [2.75, 3.05) is 0 Å². The summed E-state index contributed by atoms with van der Waals surface area (Å²) in [6.07, 6.45) is -5.01. The summed E-state index contributed by atoms with van der Waals surface area (Å²) < 4.78 is 46.1. The van der Waals surface area contributed by atoms with Crippen LogP contribution >= 0.6 is 31.9 Å². The zero-order valence-corrected chi connectivity index (χ0v) is 11.9. The van der Waals surface area contributed by atoms with Crippen LogP contribution in [0.5, 0.6) is 5.75 Å². The molecule has 0 N–H and O–H groups in total. The van der Waals surface area contributed by atoms with Gasteiger partial charge in [0.1, 0.15) is 5.75 Å². The summed E-state index contributed by atoms with van der Waals surface area (Å²) in [5.74, 6) is -0.205. The Labute approximate surface area is 118 Å². The normalized spacial score (nSPS) is 33.6. The minimum absolute atomic E-state index is 0.0520. The molecule has 98 valence electrons. The lowest BCUT2D eigenvalue weighted by Crippen LogP contribution is -2.22. The largest absolute Gasteiger partial charge is 0.573 e. The molecule has 0 aromatic heterocycles. The highest BCUT2D eigenvalue weighted by molar-refractivity contribution is 9.12. The SMILES string of the molecule is FC(F)(F)Oc1ccc2c(c1)[C@@H]1O[C@H]2[C@@H](Br)[C@@H]1Br. The lowest BCUT2D eigenvalue weighted by atomic mass is 9.91. The molecule has 1 fully saturated rings. The van der Waals surface area contributed by atoms with Gasteiger partial charge in [-0.25, -0.2) is 0 Å². The van der Waals surface area contributed by atoms with Crippen LogP contribution in [0, 0.1) is 0 Å². The van der Waals surface area contributed by atoms with Crippen LogP contribution in [0.1, 0.15) is 23.3 Å². The van der Waals surface area contributed by atoms with Crippen molar-refractivity contribution >= 4 is 31.9 Å². The predicted octanol–water partition coefficient (Wildman–Crippen LogP) is 4.24. The molecule has 2 heterocycles. The predicted molar refractivity (Wildman–Crippen MR) is 65.1 cm³/mol. The molecule has 1 saturated heterocycles. The van der Waals surface area contributed by atoms with Gasteiger partial charge in [-0.3, -0.25) is 0 Å². The number of benzene rings is 1. The third-order valence-corrected chi connectivity index (χ3v) is 5.89. The van der Waals surface area contributed by atoms with Gasteiger partial charge >= 0.3 is 6.36 Å². The first kappa shape index (κ1) is 12.7. The van der Waals surface area contributed by atoms with E-state index in [4.69, 9.17) is 4.74 Å². The van der Waals surface area contributed by atoms with Crippen molar-refractivity contribution in [1.29, 1.82) is 0 Å². The van der Waals surface area contributed by atoms with E-state index in [1.807, 2.05) is 0 Å². The van der Waals surface area contributed by atoms with Crippen LogP contribution < -0.4 is 4.74 Å². The maximum atomic E-state index is 12.1. The zero-order chi connectivity index (χ0) is 13.1. The summed E-state index contributed by atoms with van der Waals surface area (Å²) in [6, 6.07) is 4.36. The molecule has 0 unspecified atom stereocenters. The van der Waals surface area contributed by atoms with E-state index >= 15 is 0 Å². The van der Waals surface area contributed by atoms with Crippen molar-refractivity contribution in [2.45, 2.75) is 28.2 Å².